The van der Waals surface area contributed by atoms with Gasteiger partial charge < -0.3 is 14.0 Å². The second-order valence-corrected chi connectivity index (χ2v) is 6.30. The van der Waals surface area contributed by atoms with Crippen LogP contribution in [0.25, 0.3) is 0 Å². The summed E-state index contributed by atoms with van der Waals surface area (Å²) >= 11 is 0. The molecule has 5 nitrogen and oxygen atoms in total. The van der Waals surface area contributed by atoms with Crippen LogP contribution in [0.2, 0.25) is 0 Å². The summed E-state index contributed by atoms with van der Waals surface area (Å²) in [6.45, 7) is 7.97. The predicted molar refractivity (Wildman–Crippen MR) is 79.7 cm³/mol. The fourth-order valence-electron chi connectivity index (χ4n) is 2.28. The Morgan fingerprint density at radius 3 is 2.43 bits per heavy atom. The van der Waals surface area contributed by atoms with Crippen LogP contribution in [0.4, 0.5) is 0 Å². The maximum absolute atomic E-state index is 11.7. The topological polar surface area (TPSA) is 57.7 Å². The molecule has 0 radical (unpaired) electrons. The van der Waals surface area contributed by atoms with Crippen LogP contribution in [0, 0.1) is 0 Å². The van der Waals surface area contributed by atoms with Gasteiger partial charge in [0.25, 0.3) is 0 Å². The van der Waals surface area contributed by atoms with Crippen molar-refractivity contribution in [3.63, 3.8) is 0 Å². The zero-order valence-electron chi connectivity index (χ0n) is 13.3. The number of methoxy groups -OCH3 is 1. The zero-order valence-corrected chi connectivity index (χ0v) is 13.3. The average molecular weight is 291 g/mol. The first-order chi connectivity index (χ1) is 9.77. The molecule has 21 heavy (non-hydrogen) atoms. The Balaban J connectivity index is 2.27. The van der Waals surface area contributed by atoms with Gasteiger partial charge >= 0.3 is 13.1 Å². The van der Waals surface area contributed by atoms with Crippen LogP contribution < -0.4 is 0 Å². The van der Waals surface area contributed by atoms with Gasteiger partial charge in [0.2, 0.25) is 0 Å². The Morgan fingerprint density at radius 1 is 1.33 bits per heavy atom. The van der Waals surface area contributed by atoms with Gasteiger partial charge in [-0.2, -0.15) is 0 Å². The van der Waals surface area contributed by atoms with Crippen molar-refractivity contribution < 1.29 is 18.8 Å². The summed E-state index contributed by atoms with van der Waals surface area (Å²) in [5.74, 6) is -0.536. The van der Waals surface area contributed by atoms with Crippen LogP contribution in [0.15, 0.2) is 24.5 Å². The molecular formula is C15H22BNO4. The minimum atomic E-state index is -0.502. The summed E-state index contributed by atoms with van der Waals surface area (Å²) in [5.41, 5.74) is 0.0315. The van der Waals surface area contributed by atoms with Gasteiger partial charge in [0.15, 0.2) is 0 Å². The van der Waals surface area contributed by atoms with Crippen molar-refractivity contribution in [2.75, 3.05) is 7.11 Å². The van der Waals surface area contributed by atoms with Gasteiger partial charge in [-0.25, -0.2) is 0 Å². The molecule has 2 rings (SSSR count). The molecule has 0 aromatic carbocycles. The fourth-order valence-corrected chi connectivity index (χ4v) is 2.28. The summed E-state index contributed by atoms with van der Waals surface area (Å²) in [4.78, 5) is 15.8. The van der Waals surface area contributed by atoms with Gasteiger partial charge in [0.05, 0.1) is 24.7 Å². The molecular weight excluding hydrogens is 269 g/mol. The van der Waals surface area contributed by atoms with E-state index in [1.165, 1.54) is 7.11 Å². The average Bonchev–Trinajstić information content (AvgIpc) is 2.65. The molecule has 0 N–H and O–H groups in total. The van der Waals surface area contributed by atoms with E-state index in [0.29, 0.717) is 0 Å². The molecule has 0 aliphatic carbocycles. The van der Waals surface area contributed by atoms with Gasteiger partial charge in [-0.15, -0.1) is 0 Å². The number of hydrogen-bond acceptors (Lipinski definition) is 5. The SMILES string of the molecule is COC(=O)CC(B1OC(C)(C)C(C)(C)O1)c1cccnc1. The van der Waals surface area contributed by atoms with Crippen molar-refractivity contribution in [3.05, 3.63) is 30.1 Å². The second-order valence-electron chi connectivity index (χ2n) is 6.30. The molecule has 1 saturated heterocycles. The highest BCUT2D eigenvalue weighted by atomic mass is 16.7. The number of hydrogen-bond donors (Lipinski definition) is 0. The first-order valence-corrected chi connectivity index (χ1v) is 7.09. The lowest BCUT2D eigenvalue weighted by atomic mass is 9.66. The molecule has 1 atom stereocenters. The smallest absolute Gasteiger partial charge is 0.466 e. The van der Waals surface area contributed by atoms with Crippen molar-refractivity contribution in [1.82, 2.24) is 4.98 Å². The first kappa shape index (κ1) is 16.0. The third kappa shape index (κ3) is 3.27. The maximum Gasteiger partial charge on any atom is 0.466 e. The Morgan fingerprint density at radius 2 is 1.95 bits per heavy atom. The molecule has 114 valence electrons. The predicted octanol–water partition coefficient (Wildman–Crippen LogP) is 2.36. The lowest BCUT2D eigenvalue weighted by molar-refractivity contribution is -0.140. The van der Waals surface area contributed by atoms with Gasteiger partial charge in [-0.3, -0.25) is 9.78 Å². The molecule has 1 aliphatic heterocycles. The molecule has 1 unspecified atom stereocenters. The molecule has 1 aromatic rings. The van der Waals surface area contributed by atoms with Gasteiger partial charge in [-0.05, 0) is 39.3 Å². The summed E-state index contributed by atoms with van der Waals surface area (Å²) in [6, 6.07) is 3.76. The summed E-state index contributed by atoms with van der Waals surface area (Å²) < 4.78 is 16.9. The normalized spacial score (nSPS) is 21.1. The molecule has 0 amide bonds. The Hall–Kier alpha value is -1.40. The molecule has 1 aromatic heterocycles. The molecule has 0 saturated carbocycles. The molecule has 1 fully saturated rings. The van der Waals surface area contributed by atoms with E-state index in [9.17, 15) is 4.79 Å². The van der Waals surface area contributed by atoms with Crippen LogP contribution >= 0.6 is 0 Å². The van der Waals surface area contributed by atoms with Crippen LogP contribution in [0.1, 0.15) is 45.5 Å². The van der Waals surface area contributed by atoms with Crippen molar-refractivity contribution in [1.29, 1.82) is 0 Å². The minimum Gasteiger partial charge on any atom is -0.469 e. The fraction of sp³-hybridized carbons (Fsp3) is 0.600. The van der Waals surface area contributed by atoms with Crippen molar-refractivity contribution in [2.45, 2.75) is 51.1 Å². The van der Waals surface area contributed by atoms with Crippen LogP contribution in [-0.4, -0.2) is 36.4 Å². The monoisotopic (exact) mass is 291 g/mol. The lowest BCUT2D eigenvalue weighted by Crippen LogP contribution is -2.41. The first-order valence-electron chi connectivity index (χ1n) is 7.09. The number of rotatable bonds is 4. The number of aromatic nitrogens is 1. The van der Waals surface area contributed by atoms with Crippen molar-refractivity contribution >= 4 is 13.1 Å². The van der Waals surface area contributed by atoms with E-state index in [4.69, 9.17) is 14.0 Å². The van der Waals surface area contributed by atoms with E-state index >= 15 is 0 Å². The van der Waals surface area contributed by atoms with Crippen molar-refractivity contribution in [2.24, 2.45) is 0 Å². The largest absolute Gasteiger partial charge is 0.469 e. The third-order valence-corrected chi connectivity index (χ3v) is 4.33. The van der Waals surface area contributed by atoms with Crippen LogP contribution in [0.3, 0.4) is 0 Å². The minimum absolute atomic E-state index is 0.193. The number of carbonyl (C=O) groups excluding carboxylic acids is 1. The maximum atomic E-state index is 11.7. The lowest BCUT2D eigenvalue weighted by Gasteiger charge is -2.32. The quantitative estimate of drug-likeness (QED) is 0.629. The van der Waals surface area contributed by atoms with Gasteiger partial charge in [0.1, 0.15) is 0 Å². The highest BCUT2D eigenvalue weighted by molar-refractivity contribution is 6.48. The zero-order chi connectivity index (χ0) is 15.7. The highest BCUT2D eigenvalue weighted by Gasteiger charge is 2.54. The molecule has 6 heteroatoms. The Kier molecular flexibility index (Phi) is 4.39. The van der Waals surface area contributed by atoms with Crippen LogP contribution in [-0.2, 0) is 18.8 Å². The highest BCUT2D eigenvalue weighted by Crippen LogP contribution is 2.41. The summed E-state index contributed by atoms with van der Waals surface area (Å²) in [6.07, 6.45) is 3.63. The Labute approximate surface area is 126 Å². The number of carbonyl (C=O) groups is 1. The van der Waals surface area contributed by atoms with Gasteiger partial charge in [0, 0.05) is 18.2 Å². The number of esters is 1. The number of ether oxygens (including phenoxy) is 1. The summed E-state index contributed by atoms with van der Waals surface area (Å²) in [5, 5.41) is 0. The molecule has 0 bridgehead atoms. The summed E-state index contributed by atoms with van der Waals surface area (Å²) in [7, 11) is 0.880. The standard InChI is InChI=1S/C15H22BNO4/c1-14(2)15(3,4)21-16(20-14)12(9-13(18)19-5)11-7-6-8-17-10-11/h6-8,10,12H,9H2,1-5H3. The number of nitrogens with zero attached hydrogens (tertiary/aromatic N) is 1. The van der Waals surface area contributed by atoms with E-state index in [0.717, 1.165) is 5.56 Å². The third-order valence-electron chi connectivity index (χ3n) is 4.33. The van der Waals surface area contributed by atoms with E-state index in [1.54, 1.807) is 12.4 Å². The molecule has 0 spiro atoms. The van der Waals surface area contributed by atoms with Crippen LogP contribution in [0.5, 0.6) is 0 Å². The Bertz CT molecular complexity index is 488. The second kappa shape index (κ2) is 5.77. The van der Waals surface area contributed by atoms with E-state index in [2.05, 4.69) is 4.98 Å². The molecule has 2 heterocycles. The van der Waals surface area contributed by atoms with Gasteiger partial charge in [-0.1, -0.05) is 6.07 Å². The van der Waals surface area contributed by atoms with E-state index in [1.807, 2.05) is 39.8 Å². The van der Waals surface area contributed by atoms with E-state index in [-0.39, 0.29) is 18.2 Å². The number of pyridine rings is 1. The molecule has 1 aliphatic rings. The van der Waals surface area contributed by atoms with Crippen molar-refractivity contribution in [3.8, 4) is 0 Å². The van der Waals surface area contributed by atoms with E-state index < -0.39 is 18.3 Å².